The molecule has 2 aliphatic carbocycles. The number of nitrogens with one attached hydrogen (secondary N) is 4. The zero-order valence-corrected chi connectivity index (χ0v) is 22.2. The normalized spacial score (nSPS) is 21.1. The number of amides is 3. The molecule has 12 nitrogen and oxygen atoms in total. The van der Waals surface area contributed by atoms with Gasteiger partial charge < -0.3 is 20.9 Å². The number of likely N-dealkylation sites (tertiary alicyclic amines) is 1. The second-order valence-corrected chi connectivity index (χ2v) is 10.5. The van der Waals surface area contributed by atoms with E-state index < -0.39 is 5.41 Å². The Kier molecular flexibility index (Phi) is 6.31. The molecule has 3 aliphatic rings. The number of benzene rings is 2. The van der Waals surface area contributed by atoms with Gasteiger partial charge in [-0.05, 0) is 78.2 Å². The first-order valence-electron chi connectivity index (χ1n) is 13.3. The number of hydrogen-bond donors (Lipinski definition) is 4. The van der Waals surface area contributed by atoms with Gasteiger partial charge >= 0.3 is 0 Å². The van der Waals surface area contributed by atoms with Gasteiger partial charge in [-0.3, -0.25) is 14.4 Å². The lowest BCUT2D eigenvalue weighted by molar-refractivity contribution is -0.131. The number of aromatic nitrogens is 4. The van der Waals surface area contributed by atoms with Crippen LogP contribution in [0.3, 0.4) is 0 Å². The van der Waals surface area contributed by atoms with E-state index in [1.54, 1.807) is 31.1 Å². The summed E-state index contributed by atoms with van der Waals surface area (Å²) in [4.78, 5) is 39.8. The predicted octanol–water partition coefficient (Wildman–Crippen LogP) is 0.726. The molecule has 1 saturated carbocycles. The molecule has 3 aromatic rings. The quantitative estimate of drug-likeness (QED) is 0.304. The monoisotopic (exact) mass is 539 g/mol. The van der Waals surface area contributed by atoms with Crippen molar-refractivity contribution in [1.29, 1.82) is 5.26 Å². The molecule has 0 bridgehead atoms. The van der Waals surface area contributed by atoms with E-state index in [0.717, 1.165) is 35.1 Å². The number of tetrazole rings is 1. The molecule has 3 amide bonds. The summed E-state index contributed by atoms with van der Waals surface area (Å²) in [7, 11) is 3.15. The SMILES string of the molecule is CNC(=O)c1ccc2c(c1)-c1cc(C(=O)NC)ccc1C2(CCNCC(=O)N1[C@H](C#N)C[C@@H]2C[C@@H]21)c1nn[nH]n1. The summed E-state index contributed by atoms with van der Waals surface area (Å²) >= 11 is 0. The molecule has 204 valence electrons. The number of nitriles is 1. The third-order valence-corrected chi connectivity index (χ3v) is 8.45. The lowest BCUT2D eigenvalue weighted by atomic mass is 9.74. The molecule has 2 fully saturated rings. The van der Waals surface area contributed by atoms with Gasteiger partial charge in [0.25, 0.3) is 11.8 Å². The van der Waals surface area contributed by atoms with Crippen LogP contribution in [0.25, 0.3) is 11.1 Å². The summed E-state index contributed by atoms with van der Waals surface area (Å²) in [5.74, 6) is 0.397. The summed E-state index contributed by atoms with van der Waals surface area (Å²) in [6.45, 7) is 0.557. The Balaban J connectivity index is 1.35. The van der Waals surface area contributed by atoms with Crippen LogP contribution in [-0.4, -0.2) is 82.5 Å². The summed E-state index contributed by atoms with van der Waals surface area (Å²) < 4.78 is 0. The van der Waals surface area contributed by atoms with Crippen molar-refractivity contribution >= 4 is 17.7 Å². The third kappa shape index (κ3) is 3.93. The largest absolute Gasteiger partial charge is 0.355 e. The molecule has 3 atom stereocenters. The van der Waals surface area contributed by atoms with Crippen molar-refractivity contribution < 1.29 is 14.4 Å². The fourth-order valence-electron chi connectivity index (χ4n) is 6.45. The van der Waals surface area contributed by atoms with E-state index >= 15 is 0 Å². The van der Waals surface area contributed by atoms with Crippen LogP contribution < -0.4 is 16.0 Å². The van der Waals surface area contributed by atoms with Crippen molar-refractivity contribution in [3.8, 4) is 17.2 Å². The highest BCUT2D eigenvalue weighted by Gasteiger charge is 2.54. The Morgan fingerprint density at radius 3 is 2.25 bits per heavy atom. The molecule has 0 unspecified atom stereocenters. The number of fused-ring (bicyclic) bond motifs is 4. The highest BCUT2D eigenvalue weighted by molar-refractivity contribution is 5.99. The fourth-order valence-corrected chi connectivity index (χ4v) is 6.45. The van der Waals surface area contributed by atoms with Crippen LogP contribution in [0.15, 0.2) is 36.4 Å². The van der Waals surface area contributed by atoms with E-state index in [4.69, 9.17) is 0 Å². The average Bonchev–Trinajstić information content (AvgIpc) is 3.32. The molecule has 0 spiro atoms. The second-order valence-electron chi connectivity index (χ2n) is 10.5. The molecule has 2 aromatic carbocycles. The molecule has 40 heavy (non-hydrogen) atoms. The molecular weight excluding hydrogens is 510 g/mol. The number of hydrogen-bond acceptors (Lipinski definition) is 8. The van der Waals surface area contributed by atoms with Gasteiger partial charge in [0.1, 0.15) is 6.04 Å². The maximum atomic E-state index is 13.0. The van der Waals surface area contributed by atoms with E-state index in [-0.39, 0.29) is 36.3 Å². The fraction of sp³-hybridized carbons (Fsp3) is 0.393. The van der Waals surface area contributed by atoms with Crippen molar-refractivity contribution in [2.24, 2.45) is 5.92 Å². The predicted molar refractivity (Wildman–Crippen MR) is 143 cm³/mol. The molecular formula is C28H29N9O3. The van der Waals surface area contributed by atoms with Crippen LogP contribution in [0.5, 0.6) is 0 Å². The number of rotatable bonds is 8. The van der Waals surface area contributed by atoms with Gasteiger partial charge in [0, 0.05) is 31.3 Å². The molecule has 2 heterocycles. The van der Waals surface area contributed by atoms with Crippen molar-refractivity contribution in [2.75, 3.05) is 27.2 Å². The van der Waals surface area contributed by atoms with Gasteiger partial charge in [-0.2, -0.15) is 10.5 Å². The maximum Gasteiger partial charge on any atom is 0.251 e. The van der Waals surface area contributed by atoms with E-state index in [0.29, 0.717) is 35.8 Å². The molecule has 1 saturated heterocycles. The number of carbonyl (C=O) groups is 3. The van der Waals surface area contributed by atoms with E-state index in [1.807, 2.05) is 24.3 Å². The molecule has 6 rings (SSSR count). The first-order chi connectivity index (χ1) is 19.4. The Bertz CT molecular complexity index is 1480. The zero-order valence-electron chi connectivity index (χ0n) is 22.2. The minimum absolute atomic E-state index is 0.0668. The average molecular weight is 540 g/mol. The summed E-state index contributed by atoms with van der Waals surface area (Å²) in [5, 5.41) is 33.3. The molecule has 4 N–H and O–H groups in total. The Morgan fingerprint density at radius 1 is 1.05 bits per heavy atom. The van der Waals surface area contributed by atoms with Crippen molar-refractivity contribution in [1.82, 2.24) is 41.5 Å². The van der Waals surface area contributed by atoms with Gasteiger partial charge in [-0.1, -0.05) is 17.3 Å². The van der Waals surface area contributed by atoms with Gasteiger partial charge in [-0.15, -0.1) is 10.2 Å². The van der Waals surface area contributed by atoms with Gasteiger partial charge in [0.2, 0.25) is 5.91 Å². The minimum Gasteiger partial charge on any atom is -0.355 e. The van der Waals surface area contributed by atoms with Crippen LogP contribution in [0.4, 0.5) is 0 Å². The topological polar surface area (TPSA) is 169 Å². The van der Waals surface area contributed by atoms with Crippen LogP contribution in [0.2, 0.25) is 0 Å². The standard InChI is InChI=1S/C28H29N9O3/c1-30-25(39)15-3-5-21-19(10-15)20-11-16(26(40)31-2)4-6-22(20)28(21,27-33-35-36-34-27)7-8-32-14-24(38)37-18(13-29)9-17-12-23(17)37/h3-6,10-11,17-18,23,32H,7-9,12,14H2,1-2H3,(H,30,39)(H,31,40)(H,33,34,35,36)/t17-,18+,23+/m1/s1. The van der Waals surface area contributed by atoms with Crippen molar-refractivity contribution in [3.63, 3.8) is 0 Å². The maximum absolute atomic E-state index is 13.0. The lowest BCUT2D eigenvalue weighted by Gasteiger charge is -2.29. The van der Waals surface area contributed by atoms with E-state index in [1.165, 1.54) is 0 Å². The van der Waals surface area contributed by atoms with Gasteiger partial charge in [-0.25, -0.2) is 0 Å². The summed E-state index contributed by atoms with van der Waals surface area (Å²) in [5.41, 5.74) is 3.49. The first-order valence-corrected chi connectivity index (χ1v) is 13.3. The Morgan fingerprint density at radius 2 is 1.70 bits per heavy atom. The number of piperidine rings is 1. The van der Waals surface area contributed by atoms with Gasteiger partial charge in [0.15, 0.2) is 5.82 Å². The number of carbonyl (C=O) groups excluding carboxylic acids is 3. The second kappa shape index (κ2) is 9.84. The van der Waals surface area contributed by atoms with Gasteiger partial charge in [0.05, 0.1) is 18.0 Å². The number of aromatic amines is 1. The van der Waals surface area contributed by atoms with Crippen LogP contribution >= 0.6 is 0 Å². The molecule has 0 radical (unpaired) electrons. The Labute approximate surface area is 230 Å². The summed E-state index contributed by atoms with van der Waals surface area (Å²) in [6, 6.07) is 13.1. The first kappa shape index (κ1) is 25.6. The number of H-pyrrole nitrogens is 1. The number of nitrogens with zero attached hydrogens (tertiary/aromatic N) is 5. The molecule has 1 aliphatic heterocycles. The van der Waals surface area contributed by atoms with E-state index in [9.17, 15) is 19.6 Å². The zero-order chi connectivity index (χ0) is 28.0. The third-order valence-electron chi connectivity index (χ3n) is 8.45. The van der Waals surface area contributed by atoms with Crippen LogP contribution in [0, 0.1) is 17.2 Å². The highest BCUT2D eigenvalue weighted by Crippen LogP contribution is 2.53. The molecule has 12 heteroatoms. The van der Waals surface area contributed by atoms with Crippen molar-refractivity contribution in [3.05, 3.63) is 64.5 Å². The van der Waals surface area contributed by atoms with Crippen LogP contribution in [-0.2, 0) is 10.2 Å². The van der Waals surface area contributed by atoms with E-state index in [2.05, 4.69) is 42.6 Å². The smallest absolute Gasteiger partial charge is 0.251 e. The minimum atomic E-state index is -0.847. The molecule has 1 aromatic heterocycles. The lowest BCUT2D eigenvalue weighted by Crippen LogP contribution is -2.43. The Hall–Kier alpha value is -4.63. The highest BCUT2D eigenvalue weighted by atomic mass is 16.2. The van der Waals surface area contributed by atoms with Crippen LogP contribution in [0.1, 0.15) is 56.9 Å². The summed E-state index contributed by atoms with van der Waals surface area (Å²) in [6.07, 6.45) is 2.22. The van der Waals surface area contributed by atoms with Crippen molar-refractivity contribution in [2.45, 2.75) is 36.8 Å².